The summed E-state index contributed by atoms with van der Waals surface area (Å²) >= 11 is 1.59. The standard InChI is InChI=1S/C17H24N2O3S/c1-16(2,3)14-18-12(9-23-14)7-13(20)19-8-11-5-4-6-17(11,10-19)15(21)22/h9,11H,4-8,10H2,1-3H3,(H,21,22)/t11-,17+/m0/s1. The lowest BCUT2D eigenvalue weighted by Crippen LogP contribution is -2.37. The number of carboxylic acid groups (broad SMARTS) is 1. The second kappa shape index (κ2) is 5.58. The Hall–Kier alpha value is -1.43. The molecule has 0 radical (unpaired) electrons. The first-order valence-electron chi connectivity index (χ1n) is 8.18. The van der Waals surface area contributed by atoms with Crippen LogP contribution in [0, 0.1) is 11.3 Å². The molecule has 1 aromatic heterocycles. The Bertz CT molecular complexity index is 634. The zero-order chi connectivity index (χ0) is 16.8. The Morgan fingerprint density at radius 2 is 2.22 bits per heavy atom. The number of amides is 1. The van der Waals surface area contributed by atoms with E-state index in [9.17, 15) is 14.7 Å². The molecule has 1 aromatic rings. The van der Waals surface area contributed by atoms with Crippen molar-refractivity contribution in [3.8, 4) is 0 Å². The van der Waals surface area contributed by atoms with E-state index in [-0.39, 0.29) is 23.7 Å². The number of carboxylic acids is 1. The monoisotopic (exact) mass is 336 g/mol. The van der Waals surface area contributed by atoms with Gasteiger partial charge in [0.1, 0.15) is 0 Å². The minimum atomic E-state index is -0.737. The van der Waals surface area contributed by atoms with Crippen molar-refractivity contribution >= 4 is 23.2 Å². The molecule has 1 saturated carbocycles. The molecule has 1 amide bonds. The Balaban J connectivity index is 1.68. The van der Waals surface area contributed by atoms with Crippen molar-refractivity contribution in [1.82, 2.24) is 9.88 Å². The molecule has 0 bridgehead atoms. The van der Waals surface area contributed by atoms with Crippen molar-refractivity contribution in [2.75, 3.05) is 13.1 Å². The van der Waals surface area contributed by atoms with Crippen molar-refractivity contribution < 1.29 is 14.7 Å². The third kappa shape index (κ3) is 2.89. The number of hydrogen-bond donors (Lipinski definition) is 1. The number of hydrogen-bond acceptors (Lipinski definition) is 4. The Morgan fingerprint density at radius 1 is 1.48 bits per heavy atom. The summed E-state index contributed by atoms with van der Waals surface area (Å²) in [6.07, 6.45) is 2.84. The maximum atomic E-state index is 12.6. The van der Waals surface area contributed by atoms with Crippen LogP contribution in [0.2, 0.25) is 0 Å². The number of carbonyl (C=O) groups excluding carboxylic acids is 1. The van der Waals surface area contributed by atoms with E-state index in [1.165, 1.54) is 0 Å². The molecule has 2 atom stereocenters. The highest BCUT2D eigenvalue weighted by molar-refractivity contribution is 7.09. The topological polar surface area (TPSA) is 70.5 Å². The molecule has 2 fully saturated rings. The van der Waals surface area contributed by atoms with Crippen LogP contribution >= 0.6 is 11.3 Å². The summed E-state index contributed by atoms with van der Waals surface area (Å²) in [5.41, 5.74) is 0.0875. The molecule has 3 rings (SSSR count). The summed E-state index contributed by atoms with van der Waals surface area (Å²) < 4.78 is 0. The molecule has 1 aliphatic heterocycles. The van der Waals surface area contributed by atoms with E-state index >= 15 is 0 Å². The lowest BCUT2D eigenvalue weighted by molar-refractivity contribution is -0.149. The quantitative estimate of drug-likeness (QED) is 0.921. The van der Waals surface area contributed by atoms with Gasteiger partial charge in [0.2, 0.25) is 5.91 Å². The number of rotatable bonds is 3. The third-order valence-corrected chi connectivity index (χ3v) is 6.49. The van der Waals surface area contributed by atoms with Crippen molar-refractivity contribution in [1.29, 1.82) is 0 Å². The number of aliphatic carboxylic acids is 1. The maximum Gasteiger partial charge on any atom is 0.311 e. The molecule has 1 aliphatic carbocycles. The van der Waals surface area contributed by atoms with Gasteiger partial charge in [0.05, 0.1) is 22.5 Å². The average Bonchev–Trinajstić information content (AvgIpc) is 3.09. The van der Waals surface area contributed by atoms with Gasteiger partial charge < -0.3 is 10.0 Å². The van der Waals surface area contributed by atoms with Crippen molar-refractivity contribution in [2.24, 2.45) is 11.3 Å². The molecule has 0 aromatic carbocycles. The smallest absolute Gasteiger partial charge is 0.311 e. The lowest BCUT2D eigenvalue weighted by Gasteiger charge is -2.23. The Labute approximate surface area is 140 Å². The second-order valence-electron chi connectivity index (χ2n) is 7.90. The number of fused-ring (bicyclic) bond motifs is 1. The van der Waals surface area contributed by atoms with E-state index in [0.717, 1.165) is 23.5 Å². The van der Waals surface area contributed by atoms with Crippen LogP contribution in [0.3, 0.4) is 0 Å². The largest absolute Gasteiger partial charge is 0.481 e. The number of nitrogens with zero attached hydrogens (tertiary/aromatic N) is 2. The molecule has 2 aliphatic rings. The SMILES string of the molecule is CC(C)(C)c1nc(CC(=O)N2C[C@@H]3CCC[C@@]3(C(=O)O)C2)cs1. The summed E-state index contributed by atoms with van der Waals surface area (Å²) in [5, 5.41) is 12.6. The zero-order valence-corrected chi connectivity index (χ0v) is 14.8. The van der Waals surface area contributed by atoms with E-state index < -0.39 is 11.4 Å². The molecular weight excluding hydrogens is 312 g/mol. The van der Waals surface area contributed by atoms with Gasteiger partial charge in [-0.05, 0) is 18.8 Å². The van der Waals surface area contributed by atoms with E-state index in [4.69, 9.17) is 0 Å². The molecular formula is C17H24N2O3S. The van der Waals surface area contributed by atoms with Crippen LogP contribution in [0.1, 0.15) is 50.7 Å². The van der Waals surface area contributed by atoms with Gasteiger partial charge in [0.25, 0.3) is 0 Å². The molecule has 5 nitrogen and oxygen atoms in total. The predicted molar refractivity (Wildman–Crippen MR) is 88.5 cm³/mol. The summed E-state index contributed by atoms with van der Waals surface area (Å²) in [5.74, 6) is -0.616. The van der Waals surface area contributed by atoms with Gasteiger partial charge in [-0.1, -0.05) is 27.2 Å². The minimum Gasteiger partial charge on any atom is -0.481 e. The van der Waals surface area contributed by atoms with Gasteiger partial charge in [0, 0.05) is 23.9 Å². The van der Waals surface area contributed by atoms with Crippen LogP contribution in [0.4, 0.5) is 0 Å². The lowest BCUT2D eigenvalue weighted by atomic mass is 9.81. The molecule has 6 heteroatoms. The van der Waals surface area contributed by atoms with Crippen molar-refractivity contribution in [3.63, 3.8) is 0 Å². The fourth-order valence-electron chi connectivity index (χ4n) is 3.83. The number of likely N-dealkylation sites (tertiary alicyclic amines) is 1. The molecule has 0 unspecified atom stereocenters. The van der Waals surface area contributed by atoms with Crippen LogP contribution in [0.25, 0.3) is 0 Å². The average molecular weight is 336 g/mol. The first-order valence-corrected chi connectivity index (χ1v) is 9.06. The molecule has 1 saturated heterocycles. The van der Waals surface area contributed by atoms with Crippen LogP contribution in [0.15, 0.2) is 5.38 Å². The van der Waals surface area contributed by atoms with Gasteiger partial charge in [-0.15, -0.1) is 11.3 Å². The van der Waals surface area contributed by atoms with Gasteiger partial charge in [-0.25, -0.2) is 4.98 Å². The van der Waals surface area contributed by atoms with Gasteiger partial charge in [-0.2, -0.15) is 0 Å². The van der Waals surface area contributed by atoms with E-state index in [1.54, 1.807) is 16.2 Å². The van der Waals surface area contributed by atoms with Gasteiger partial charge in [0.15, 0.2) is 0 Å². The van der Waals surface area contributed by atoms with Gasteiger partial charge >= 0.3 is 5.97 Å². The Kier molecular flexibility index (Phi) is 3.99. The number of aromatic nitrogens is 1. The third-order valence-electron chi connectivity index (χ3n) is 5.18. The first-order chi connectivity index (χ1) is 10.7. The van der Waals surface area contributed by atoms with Crippen molar-refractivity contribution in [2.45, 2.75) is 51.9 Å². The minimum absolute atomic E-state index is 0.00536. The summed E-state index contributed by atoms with van der Waals surface area (Å²) in [6.45, 7) is 7.27. The Morgan fingerprint density at radius 3 is 2.78 bits per heavy atom. The molecule has 0 spiro atoms. The van der Waals surface area contributed by atoms with Crippen LogP contribution < -0.4 is 0 Å². The molecule has 2 heterocycles. The number of thiazole rings is 1. The zero-order valence-electron chi connectivity index (χ0n) is 14.0. The first kappa shape index (κ1) is 16.4. The molecule has 1 N–H and O–H groups in total. The summed E-state index contributed by atoms with van der Waals surface area (Å²) in [6, 6.07) is 0. The summed E-state index contributed by atoms with van der Waals surface area (Å²) in [7, 11) is 0. The molecule has 126 valence electrons. The highest BCUT2D eigenvalue weighted by Gasteiger charge is 2.55. The van der Waals surface area contributed by atoms with Crippen LogP contribution in [-0.4, -0.2) is 40.0 Å². The predicted octanol–water partition coefficient (Wildman–Crippen LogP) is 2.70. The van der Waals surface area contributed by atoms with Crippen LogP contribution in [0.5, 0.6) is 0 Å². The maximum absolute atomic E-state index is 12.6. The number of carbonyl (C=O) groups is 2. The molecule has 23 heavy (non-hydrogen) atoms. The summed E-state index contributed by atoms with van der Waals surface area (Å²) in [4.78, 5) is 30.6. The highest BCUT2D eigenvalue weighted by atomic mass is 32.1. The van der Waals surface area contributed by atoms with E-state index in [0.29, 0.717) is 19.5 Å². The highest BCUT2D eigenvalue weighted by Crippen LogP contribution is 2.48. The van der Waals surface area contributed by atoms with Crippen LogP contribution in [-0.2, 0) is 21.4 Å². The van der Waals surface area contributed by atoms with Crippen molar-refractivity contribution in [3.05, 3.63) is 16.1 Å². The fourth-order valence-corrected chi connectivity index (χ4v) is 4.74. The normalized spacial score (nSPS) is 27.3. The van der Waals surface area contributed by atoms with E-state index in [1.807, 2.05) is 5.38 Å². The fraction of sp³-hybridized carbons (Fsp3) is 0.706. The van der Waals surface area contributed by atoms with E-state index in [2.05, 4.69) is 25.8 Å². The van der Waals surface area contributed by atoms with Gasteiger partial charge in [-0.3, -0.25) is 9.59 Å². The second-order valence-corrected chi connectivity index (χ2v) is 8.75.